The SMILES string of the molecule is CCN(CC)C(=O)c1ccc(OC)c(S(=O)(=O)N2CC(C)CC(C)C2)c1. The third kappa shape index (κ3) is 4.20. The molecule has 0 radical (unpaired) electrons. The van der Waals surface area contributed by atoms with Crippen molar-refractivity contribution in [3.63, 3.8) is 0 Å². The molecule has 1 aliphatic rings. The first-order valence-electron chi connectivity index (χ1n) is 9.21. The Bertz CT molecular complexity index is 734. The number of hydrogen-bond acceptors (Lipinski definition) is 4. The normalized spacial score (nSPS) is 21.4. The molecule has 26 heavy (non-hydrogen) atoms. The molecule has 0 spiro atoms. The smallest absolute Gasteiger partial charge is 0.253 e. The standard InChI is InChI=1S/C19H30N2O4S/c1-6-20(7-2)19(22)16-8-9-17(25-5)18(11-16)26(23,24)21-12-14(3)10-15(4)13-21/h8-9,11,14-15H,6-7,10,12-13H2,1-5H3. The third-order valence-corrected chi connectivity index (χ3v) is 6.77. The number of rotatable bonds is 6. The first-order valence-corrected chi connectivity index (χ1v) is 10.7. The molecule has 1 fully saturated rings. The molecule has 0 bridgehead atoms. The molecule has 0 aromatic heterocycles. The van der Waals surface area contributed by atoms with Gasteiger partial charge in [0.05, 0.1) is 7.11 Å². The van der Waals surface area contributed by atoms with Crippen molar-refractivity contribution in [1.82, 2.24) is 9.21 Å². The van der Waals surface area contributed by atoms with Gasteiger partial charge in [0.15, 0.2) is 0 Å². The van der Waals surface area contributed by atoms with Crippen LogP contribution in [0.4, 0.5) is 0 Å². The molecule has 0 N–H and O–H groups in total. The average molecular weight is 383 g/mol. The van der Waals surface area contributed by atoms with Crippen LogP contribution in [-0.2, 0) is 10.0 Å². The fourth-order valence-corrected chi connectivity index (χ4v) is 5.51. The van der Waals surface area contributed by atoms with Gasteiger partial charge >= 0.3 is 0 Å². The number of hydrogen-bond donors (Lipinski definition) is 0. The molecular weight excluding hydrogens is 352 g/mol. The number of methoxy groups -OCH3 is 1. The number of piperidine rings is 1. The number of nitrogens with zero attached hydrogens (tertiary/aromatic N) is 2. The van der Waals surface area contributed by atoms with Gasteiger partial charge < -0.3 is 9.64 Å². The summed E-state index contributed by atoms with van der Waals surface area (Å²) in [4.78, 5) is 14.4. The fraction of sp³-hybridized carbons (Fsp3) is 0.632. The van der Waals surface area contributed by atoms with Crippen molar-refractivity contribution >= 4 is 15.9 Å². The van der Waals surface area contributed by atoms with Crippen LogP contribution in [0.1, 0.15) is 44.5 Å². The molecule has 2 rings (SSSR count). The zero-order valence-corrected chi connectivity index (χ0v) is 17.2. The lowest BCUT2D eigenvalue weighted by atomic mass is 9.94. The van der Waals surface area contributed by atoms with Gasteiger partial charge in [0.2, 0.25) is 10.0 Å². The Kier molecular flexibility index (Phi) is 6.69. The summed E-state index contributed by atoms with van der Waals surface area (Å²) in [5.41, 5.74) is 0.367. The van der Waals surface area contributed by atoms with Crippen molar-refractivity contribution < 1.29 is 17.9 Å². The molecule has 6 nitrogen and oxygen atoms in total. The summed E-state index contributed by atoms with van der Waals surface area (Å²) in [7, 11) is -2.28. The lowest BCUT2D eigenvalue weighted by Crippen LogP contribution is -2.42. The van der Waals surface area contributed by atoms with E-state index in [0.29, 0.717) is 43.6 Å². The van der Waals surface area contributed by atoms with Crippen molar-refractivity contribution in [2.75, 3.05) is 33.3 Å². The number of ether oxygens (including phenoxy) is 1. The van der Waals surface area contributed by atoms with E-state index in [1.54, 1.807) is 17.0 Å². The molecule has 1 saturated heterocycles. The molecule has 1 aromatic rings. The summed E-state index contributed by atoms with van der Waals surface area (Å²) in [5.74, 6) is 0.710. The molecule has 1 heterocycles. The minimum atomic E-state index is -3.73. The van der Waals surface area contributed by atoms with Crippen LogP contribution >= 0.6 is 0 Å². The molecule has 7 heteroatoms. The van der Waals surface area contributed by atoms with Crippen LogP contribution in [0.3, 0.4) is 0 Å². The Labute approximate surface area is 157 Å². The zero-order valence-electron chi connectivity index (χ0n) is 16.4. The number of sulfonamides is 1. The zero-order chi connectivity index (χ0) is 19.5. The van der Waals surface area contributed by atoms with E-state index in [4.69, 9.17) is 4.74 Å². The molecule has 146 valence electrons. The van der Waals surface area contributed by atoms with Crippen molar-refractivity contribution in [2.24, 2.45) is 11.8 Å². The van der Waals surface area contributed by atoms with Crippen LogP contribution < -0.4 is 4.74 Å². The first kappa shape index (κ1) is 20.7. The maximum Gasteiger partial charge on any atom is 0.253 e. The van der Waals surface area contributed by atoms with E-state index in [0.717, 1.165) is 6.42 Å². The van der Waals surface area contributed by atoms with Crippen LogP contribution in [0.5, 0.6) is 5.75 Å². The second-order valence-electron chi connectivity index (χ2n) is 7.11. The van der Waals surface area contributed by atoms with Crippen LogP contribution in [0, 0.1) is 11.8 Å². The minimum Gasteiger partial charge on any atom is -0.495 e. The minimum absolute atomic E-state index is 0.0688. The van der Waals surface area contributed by atoms with E-state index in [1.807, 2.05) is 13.8 Å². The summed E-state index contributed by atoms with van der Waals surface area (Å²) in [6.45, 7) is 10.1. The lowest BCUT2D eigenvalue weighted by molar-refractivity contribution is 0.0772. The van der Waals surface area contributed by atoms with E-state index in [2.05, 4.69) is 13.8 Å². The van der Waals surface area contributed by atoms with Crippen LogP contribution in [0.15, 0.2) is 23.1 Å². The van der Waals surface area contributed by atoms with Gasteiger partial charge in [-0.3, -0.25) is 4.79 Å². The summed E-state index contributed by atoms with van der Waals surface area (Å²) < 4.78 is 33.3. The maximum absolute atomic E-state index is 13.3. The summed E-state index contributed by atoms with van der Waals surface area (Å²) in [6.07, 6.45) is 1.02. The molecule has 0 aliphatic carbocycles. The fourth-order valence-electron chi connectivity index (χ4n) is 3.65. The van der Waals surface area contributed by atoms with E-state index >= 15 is 0 Å². The van der Waals surface area contributed by atoms with Gasteiger partial charge in [-0.15, -0.1) is 0 Å². The number of carbonyl (C=O) groups is 1. The molecule has 1 amide bonds. The second-order valence-corrected chi connectivity index (χ2v) is 9.02. The Morgan fingerprint density at radius 2 is 1.77 bits per heavy atom. The molecule has 1 aliphatic heterocycles. The van der Waals surface area contributed by atoms with Crippen LogP contribution in [0.25, 0.3) is 0 Å². The second kappa shape index (κ2) is 8.39. The number of benzene rings is 1. The maximum atomic E-state index is 13.3. The Morgan fingerprint density at radius 3 is 2.27 bits per heavy atom. The van der Waals surface area contributed by atoms with Gasteiger partial charge in [0.25, 0.3) is 5.91 Å². The van der Waals surface area contributed by atoms with Gasteiger partial charge in [0.1, 0.15) is 10.6 Å². The van der Waals surface area contributed by atoms with Gasteiger partial charge in [-0.25, -0.2) is 8.42 Å². The van der Waals surface area contributed by atoms with Gasteiger partial charge in [-0.1, -0.05) is 13.8 Å². The quantitative estimate of drug-likeness (QED) is 0.759. The highest BCUT2D eigenvalue weighted by Gasteiger charge is 2.34. The Hall–Kier alpha value is -1.60. The molecule has 0 saturated carbocycles. The molecule has 2 atom stereocenters. The highest BCUT2D eigenvalue weighted by atomic mass is 32.2. The van der Waals surface area contributed by atoms with Crippen LogP contribution in [-0.4, -0.2) is 56.8 Å². The average Bonchev–Trinajstić information content (AvgIpc) is 2.61. The third-order valence-electron chi connectivity index (χ3n) is 4.91. The topological polar surface area (TPSA) is 66.9 Å². The molecule has 1 aromatic carbocycles. The van der Waals surface area contributed by atoms with E-state index in [9.17, 15) is 13.2 Å². The Morgan fingerprint density at radius 1 is 1.19 bits per heavy atom. The molecular formula is C19H30N2O4S. The van der Waals surface area contributed by atoms with Gasteiger partial charge in [-0.2, -0.15) is 4.31 Å². The highest BCUT2D eigenvalue weighted by Crippen LogP contribution is 2.32. The van der Waals surface area contributed by atoms with Gasteiger partial charge in [-0.05, 0) is 50.3 Å². The Balaban J connectivity index is 2.46. The van der Waals surface area contributed by atoms with Crippen molar-refractivity contribution in [1.29, 1.82) is 0 Å². The number of amides is 1. The van der Waals surface area contributed by atoms with E-state index in [-0.39, 0.29) is 16.6 Å². The lowest BCUT2D eigenvalue weighted by Gasteiger charge is -2.34. The van der Waals surface area contributed by atoms with Crippen molar-refractivity contribution in [2.45, 2.75) is 39.0 Å². The van der Waals surface area contributed by atoms with Gasteiger partial charge in [0, 0.05) is 31.7 Å². The predicted octanol–water partition coefficient (Wildman–Crippen LogP) is 2.84. The molecule has 2 unspecified atom stereocenters. The first-order chi connectivity index (χ1) is 12.2. The van der Waals surface area contributed by atoms with E-state index in [1.165, 1.54) is 17.5 Å². The van der Waals surface area contributed by atoms with E-state index < -0.39 is 10.0 Å². The predicted molar refractivity (Wildman–Crippen MR) is 102 cm³/mol. The largest absolute Gasteiger partial charge is 0.495 e. The monoisotopic (exact) mass is 382 g/mol. The van der Waals surface area contributed by atoms with Crippen LogP contribution in [0.2, 0.25) is 0 Å². The summed E-state index contributed by atoms with van der Waals surface area (Å²) in [6, 6.07) is 4.65. The van der Waals surface area contributed by atoms with Crippen molar-refractivity contribution in [3.05, 3.63) is 23.8 Å². The number of carbonyl (C=O) groups excluding carboxylic acids is 1. The summed E-state index contributed by atoms with van der Waals surface area (Å²) >= 11 is 0. The highest BCUT2D eigenvalue weighted by molar-refractivity contribution is 7.89. The van der Waals surface area contributed by atoms with Crippen molar-refractivity contribution in [3.8, 4) is 5.75 Å². The summed E-state index contributed by atoms with van der Waals surface area (Å²) in [5, 5.41) is 0.